The van der Waals surface area contributed by atoms with Crippen LogP contribution >= 0.6 is 0 Å². The molecule has 0 aromatic heterocycles. The molecular formula is C15H23O6. The van der Waals surface area contributed by atoms with Gasteiger partial charge in [-0.3, -0.25) is 19.2 Å². The normalized spacial score (nSPS) is 16.2. The molecule has 6 nitrogen and oxygen atoms in total. The fraction of sp³-hybridized carbons (Fsp3) is 0.733. The van der Waals surface area contributed by atoms with Crippen LogP contribution in [-0.2, 0) is 28.7 Å². The second-order valence-corrected chi connectivity index (χ2v) is 4.98. The first-order chi connectivity index (χ1) is 9.72. The fourth-order valence-corrected chi connectivity index (χ4v) is 1.94. The molecule has 3 unspecified atom stereocenters. The van der Waals surface area contributed by atoms with Crippen molar-refractivity contribution < 1.29 is 28.7 Å². The quantitative estimate of drug-likeness (QED) is 0.476. The SMILES string of the molecule is CCC(=O)OC(C)C(CC)(CC(=O)C(C)[C]=O)OC(C)=O. The van der Waals surface area contributed by atoms with E-state index < -0.39 is 35.3 Å². The summed E-state index contributed by atoms with van der Waals surface area (Å²) in [6.07, 6.45) is 1.08. The Morgan fingerprint density at radius 2 is 1.76 bits per heavy atom. The van der Waals surface area contributed by atoms with Crippen LogP contribution in [0.4, 0.5) is 0 Å². The van der Waals surface area contributed by atoms with Crippen molar-refractivity contribution >= 4 is 24.0 Å². The van der Waals surface area contributed by atoms with Crippen LogP contribution in [0.5, 0.6) is 0 Å². The zero-order valence-corrected chi connectivity index (χ0v) is 13.2. The summed E-state index contributed by atoms with van der Waals surface area (Å²) in [5.74, 6) is -2.35. The molecule has 1 radical (unpaired) electrons. The Bertz CT molecular complexity index is 403. The summed E-state index contributed by atoms with van der Waals surface area (Å²) >= 11 is 0. The molecule has 0 bridgehead atoms. The van der Waals surface area contributed by atoms with Crippen molar-refractivity contribution in [1.82, 2.24) is 0 Å². The van der Waals surface area contributed by atoms with Gasteiger partial charge < -0.3 is 9.47 Å². The van der Waals surface area contributed by atoms with E-state index in [-0.39, 0.29) is 19.3 Å². The van der Waals surface area contributed by atoms with E-state index >= 15 is 0 Å². The topological polar surface area (TPSA) is 86.7 Å². The van der Waals surface area contributed by atoms with Gasteiger partial charge in [-0.1, -0.05) is 13.8 Å². The van der Waals surface area contributed by atoms with Crippen LogP contribution in [0, 0.1) is 5.92 Å². The molecule has 0 aromatic rings. The number of hydrogen-bond donors (Lipinski definition) is 0. The monoisotopic (exact) mass is 299 g/mol. The average Bonchev–Trinajstić information content (AvgIpc) is 2.44. The summed E-state index contributed by atoms with van der Waals surface area (Å²) in [5.41, 5.74) is -1.27. The van der Waals surface area contributed by atoms with Gasteiger partial charge in [0.2, 0.25) is 6.29 Å². The first-order valence-electron chi connectivity index (χ1n) is 7.01. The molecule has 0 amide bonds. The van der Waals surface area contributed by atoms with Crippen molar-refractivity contribution in [3.63, 3.8) is 0 Å². The van der Waals surface area contributed by atoms with Crippen molar-refractivity contribution in [3.05, 3.63) is 0 Å². The van der Waals surface area contributed by atoms with Gasteiger partial charge >= 0.3 is 11.9 Å². The zero-order chi connectivity index (χ0) is 16.6. The average molecular weight is 299 g/mol. The lowest BCUT2D eigenvalue weighted by Crippen LogP contribution is -2.48. The number of esters is 2. The number of hydrogen-bond acceptors (Lipinski definition) is 6. The Hall–Kier alpha value is -1.72. The third-order valence-corrected chi connectivity index (χ3v) is 3.42. The molecule has 0 spiro atoms. The number of carbonyl (C=O) groups is 3. The number of ketones is 1. The number of carbonyl (C=O) groups excluding carboxylic acids is 4. The molecule has 6 heteroatoms. The molecule has 0 aromatic carbocycles. The third-order valence-electron chi connectivity index (χ3n) is 3.42. The largest absolute Gasteiger partial charge is 0.458 e. The first kappa shape index (κ1) is 19.3. The fourth-order valence-electron chi connectivity index (χ4n) is 1.94. The molecule has 0 aliphatic rings. The Morgan fingerprint density at radius 3 is 2.14 bits per heavy atom. The molecule has 0 fully saturated rings. The predicted molar refractivity (Wildman–Crippen MR) is 75.1 cm³/mol. The van der Waals surface area contributed by atoms with E-state index in [1.807, 2.05) is 0 Å². The van der Waals surface area contributed by atoms with Gasteiger partial charge in [-0.05, 0) is 20.3 Å². The minimum Gasteiger partial charge on any atom is -0.458 e. The van der Waals surface area contributed by atoms with Gasteiger partial charge in [-0.2, -0.15) is 0 Å². The number of ether oxygens (including phenoxy) is 2. The maximum Gasteiger partial charge on any atom is 0.305 e. The summed E-state index contributed by atoms with van der Waals surface area (Å²) in [4.78, 5) is 45.4. The Balaban J connectivity index is 5.32. The highest BCUT2D eigenvalue weighted by Crippen LogP contribution is 2.29. The van der Waals surface area contributed by atoms with Gasteiger partial charge in [0.05, 0.1) is 12.3 Å². The lowest BCUT2D eigenvalue weighted by Gasteiger charge is -2.36. The van der Waals surface area contributed by atoms with E-state index in [9.17, 15) is 19.2 Å². The summed E-state index contributed by atoms with van der Waals surface area (Å²) in [7, 11) is 0. The standard InChI is InChI=1S/C15H23O6/c1-6-14(19)20-11(4)15(7-2,21-12(5)17)8-13(18)10(3)9-16/h10-11H,6-8H2,1-5H3. The van der Waals surface area contributed by atoms with Gasteiger partial charge in [0, 0.05) is 13.3 Å². The zero-order valence-electron chi connectivity index (χ0n) is 13.2. The maximum absolute atomic E-state index is 12.0. The van der Waals surface area contributed by atoms with Crippen LogP contribution in [0.25, 0.3) is 0 Å². The summed E-state index contributed by atoms with van der Waals surface area (Å²) in [6, 6.07) is 0. The first-order valence-corrected chi connectivity index (χ1v) is 7.01. The predicted octanol–water partition coefficient (Wildman–Crippen LogP) is 1.75. The minimum atomic E-state index is -1.27. The molecule has 0 saturated carbocycles. The van der Waals surface area contributed by atoms with E-state index in [2.05, 4.69) is 0 Å². The number of rotatable bonds is 9. The Kier molecular flexibility index (Phi) is 7.84. The van der Waals surface area contributed by atoms with Crippen molar-refractivity contribution in [2.75, 3.05) is 0 Å². The van der Waals surface area contributed by atoms with Gasteiger partial charge in [0.1, 0.15) is 11.9 Å². The highest BCUT2D eigenvalue weighted by atomic mass is 16.6. The molecule has 0 aliphatic heterocycles. The van der Waals surface area contributed by atoms with E-state index in [0.29, 0.717) is 0 Å². The molecule has 0 aliphatic carbocycles. The maximum atomic E-state index is 12.0. The van der Waals surface area contributed by atoms with Crippen molar-refractivity contribution in [1.29, 1.82) is 0 Å². The van der Waals surface area contributed by atoms with Gasteiger partial charge in [0.15, 0.2) is 5.60 Å². The molecule has 0 saturated heterocycles. The van der Waals surface area contributed by atoms with Crippen molar-refractivity contribution in [2.45, 2.75) is 65.6 Å². The van der Waals surface area contributed by atoms with Gasteiger partial charge in [0.25, 0.3) is 0 Å². The second-order valence-electron chi connectivity index (χ2n) is 4.98. The highest BCUT2D eigenvalue weighted by Gasteiger charge is 2.43. The van der Waals surface area contributed by atoms with Crippen LogP contribution in [-0.4, -0.2) is 35.7 Å². The van der Waals surface area contributed by atoms with Crippen LogP contribution in [0.15, 0.2) is 0 Å². The summed E-state index contributed by atoms with van der Waals surface area (Å²) in [6.45, 7) is 7.58. The van der Waals surface area contributed by atoms with E-state index in [0.717, 1.165) is 0 Å². The highest BCUT2D eigenvalue weighted by molar-refractivity contribution is 5.93. The van der Waals surface area contributed by atoms with Gasteiger partial charge in [-0.25, -0.2) is 0 Å². The second kappa shape index (κ2) is 8.54. The van der Waals surface area contributed by atoms with Gasteiger partial charge in [-0.15, -0.1) is 0 Å². The third kappa shape index (κ3) is 5.65. The Morgan fingerprint density at radius 1 is 1.19 bits per heavy atom. The lowest BCUT2D eigenvalue weighted by atomic mass is 9.85. The molecule has 21 heavy (non-hydrogen) atoms. The van der Waals surface area contributed by atoms with E-state index in [1.165, 1.54) is 13.8 Å². The van der Waals surface area contributed by atoms with E-state index in [1.54, 1.807) is 27.1 Å². The van der Waals surface area contributed by atoms with Crippen molar-refractivity contribution in [3.8, 4) is 0 Å². The van der Waals surface area contributed by atoms with Crippen LogP contribution in [0.2, 0.25) is 0 Å². The van der Waals surface area contributed by atoms with E-state index in [4.69, 9.17) is 9.47 Å². The Labute approximate surface area is 125 Å². The molecular weight excluding hydrogens is 276 g/mol. The minimum absolute atomic E-state index is 0.177. The van der Waals surface area contributed by atoms with Crippen LogP contribution < -0.4 is 0 Å². The molecule has 0 heterocycles. The smallest absolute Gasteiger partial charge is 0.305 e. The molecule has 0 rings (SSSR count). The van der Waals surface area contributed by atoms with Crippen LogP contribution in [0.1, 0.15) is 53.9 Å². The molecule has 3 atom stereocenters. The molecule has 0 N–H and O–H groups in total. The molecule has 119 valence electrons. The van der Waals surface area contributed by atoms with Crippen LogP contribution in [0.3, 0.4) is 0 Å². The summed E-state index contributed by atoms with van der Waals surface area (Å²) in [5, 5.41) is 0. The lowest BCUT2D eigenvalue weighted by molar-refractivity contribution is -0.186. The number of Topliss-reactive ketones (excluding diaryl/α,β-unsaturated/α-hetero) is 1. The van der Waals surface area contributed by atoms with Crippen molar-refractivity contribution in [2.24, 2.45) is 5.92 Å². The summed E-state index contributed by atoms with van der Waals surface area (Å²) < 4.78 is 10.5.